The fourth-order valence-corrected chi connectivity index (χ4v) is 2.40. The highest BCUT2D eigenvalue weighted by molar-refractivity contribution is 8.15. The zero-order chi connectivity index (χ0) is 15.1. The van der Waals surface area contributed by atoms with Crippen LogP contribution in [-0.4, -0.2) is 32.5 Å². The van der Waals surface area contributed by atoms with E-state index in [1.165, 1.54) is 24.6 Å². The summed E-state index contributed by atoms with van der Waals surface area (Å²) in [4.78, 5) is 19.8. The lowest BCUT2D eigenvalue weighted by atomic mass is 10.1. The fourth-order valence-electron chi connectivity index (χ4n) is 1.78. The van der Waals surface area contributed by atoms with Gasteiger partial charge in [0.1, 0.15) is 5.69 Å². The van der Waals surface area contributed by atoms with E-state index >= 15 is 0 Å². The number of amidine groups is 1. The molecular formula is C14H19N5OS. The molecule has 6 nitrogen and oxygen atoms in total. The third-order valence-corrected chi connectivity index (χ3v) is 3.85. The molecule has 0 radical (unpaired) electrons. The molecule has 1 aromatic heterocycles. The van der Waals surface area contributed by atoms with Gasteiger partial charge in [0.15, 0.2) is 5.17 Å². The number of hydrogen-bond acceptors (Lipinski definition) is 6. The summed E-state index contributed by atoms with van der Waals surface area (Å²) < 4.78 is 0. The van der Waals surface area contributed by atoms with Gasteiger partial charge in [0.2, 0.25) is 5.91 Å². The molecule has 1 aromatic rings. The third kappa shape index (κ3) is 4.93. The lowest BCUT2D eigenvalue weighted by Crippen LogP contribution is -2.19. The predicted octanol–water partition coefficient (Wildman–Crippen LogP) is 2.15. The van der Waals surface area contributed by atoms with Gasteiger partial charge in [0.25, 0.3) is 0 Å². The number of carbonyl (C=O) groups is 1. The molecule has 1 amide bonds. The lowest BCUT2D eigenvalue weighted by Gasteiger charge is -2.01. The summed E-state index contributed by atoms with van der Waals surface area (Å²) in [6, 6.07) is 0. The molecule has 1 aliphatic heterocycles. The van der Waals surface area contributed by atoms with E-state index in [-0.39, 0.29) is 5.91 Å². The van der Waals surface area contributed by atoms with E-state index in [1.807, 2.05) is 6.92 Å². The molecule has 0 aliphatic carbocycles. The number of unbranched alkanes of at least 4 members (excludes halogenated alkanes) is 2. The first kappa shape index (κ1) is 15.6. The number of nitrogens with one attached hydrogen (secondary N) is 1. The molecule has 1 fully saturated rings. The van der Waals surface area contributed by atoms with Crippen LogP contribution in [0, 0.1) is 0 Å². The van der Waals surface area contributed by atoms with Gasteiger partial charge in [-0.05, 0) is 19.8 Å². The molecule has 0 atom stereocenters. The minimum absolute atomic E-state index is 0.0390. The normalized spacial score (nSPS) is 17.3. The Morgan fingerprint density at radius 2 is 2.24 bits per heavy atom. The molecule has 2 rings (SSSR count). The number of aryl methyl sites for hydroxylation is 1. The van der Waals surface area contributed by atoms with Gasteiger partial charge >= 0.3 is 0 Å². The van der Waals surface area contributed by atoms with E-state index in [0.29, 0.717) is 22.3 Å². The summed E-state index contributed by atoms with van der Waals surface area (Å²) in [6.45, 7) is 4.01. The zero-order valence-electron chi connectivity index (χ0n) is 12.3. The molecule has 1 N–H and O–H groups in total. The van der Waals surface area contributed by atoms with Gasteiger partial charge in [-0.15, -0.1) is 5.10 Å². The van der Waals surface area contributed by atoms with Crippen molar-refractivity contribution in [3.05, 3.63) is 23.8 Å². The topological polar surface area (TPSA) is 79.6 Å². The molecule has 0 spiro atoms. The van der Waals surface area contributed by atoms with Gasteiger partial charge < -0.3 is 5.32 Å². The van der Waals surface area contributed by atoms with Crippen LogP contribution in [0.25, 0.3) is 0 Å². The second kappa shape index (κ2) is 7.87. The highest BCUT2D eigenvalue weighted by Gasteiger charge is 2.16. The minimum atomic E-state index is -0.0390. The van der Waals surface area contributed by atoms with Crippen molar-refractivity contribution in [3.8, 4) is 0 Å². The number of rotatable bonds is 6. The quantitative estimate of drug-likeness (QED) is 0.496. The van der Waals surface area contributed by atoms with Crippen molar-refractivity contribution < 1.29 is 4.79 Å². The first-order valence-corrected chi connectivity index (χ1v) is 8.03. The summed E-state index contributed by atoms with van der Waals surface area (Å²) in [6.07, 6.45) is 8.03. The van der Waals surface area contributed by atoms with Gasteiger partial charge in [0.05, 0.1) is 23.4 Å². The Hall–Kier alpha value is -1.76. The smallest absolute Gasteiger partial charge is 0.236 e. The largest absolute Gasteiger partial charge is 0.303 e. The van der Waals surface area contributed by atoms with Crippen LogP contribution >= 0.6 is 11.8 Å². The van der Waals surface area contributed by atoms with Crippen LogP contribution in [0.3, 0.4) is 0 Å². The number of aromatic nitrogens is 2. The van der Waals surface area contributed by atoms with Gasteiger partial charge in [-0.2, -0.15) is 5.10 Å². The van der Waals surface area contributed by atoms with Crippen LogP contribution in [0.4, 0.5) is 0 Å². The van der Waals surface area contributed by atoms with E-state index in [4.69, 9.17) is 0 Å². The number of nitrogens with zero attached hydrogens (tertiary/aromatic N) is 4. The molecule has 0 saturated carbocycles. The monoisotopic (exact) mass is 305 g/mol. The zero-order valence-corrected chi connectivity index (χ0v) is 13.1. The number of hydrogen-bond donors (Lipinski definition) is 1. The fraction of sp³-hybridized carbons (Fsp3) is 0.500. The van der Waals surface area contributed by atoms with Crippen molar-refractivity contribution in [2.24, 2.45) is 10.2 Å². The van der Waals surface area contributed by atoms with Crippen molar-refractivity contribution in [2.75, 3.05) is 5.75 Å². The minimum Gasteiger partial charge on any atom is -0.303 e. The molecule has 1 saturated heterocycles. The molecule has 2 heterocycles. The second-order valence-corrected chi connectivity index (χ2v) is 5.74. The summed E-state index contributed by atoms with van der Waals surface area (Å²) in [5, 5.41) is 11.2. The SMILES string of the molecule is CCCCCc1cnc(/C(C)=N/N=C2/NC(=O)CS2)cn1. The average molecular weight is 305 g/mol. The number of carbonyl (C=O) groups excluding carboxylic acids is 1. The van der Waals surface area contributed by atoms with Crippen LogP contribution in [0.5, 0.6) is 0 Å². The molecule has 21 heavy (non-hydrogen) atoms. The van der Waals surface area contributed by atoms with E-state index in [2.05, 4.69) is 32.4 Å². The van der Waals surface area contributed by atoms with Gasteiger partial charge in [-0.1, -0.05) is 31.5 Å². The van der Waals surface area contributed by atoms with Crippen molar-refractivity contribution in [3.63, 3.8) is 0 Å². The molecule has 0 aromatic carbocycles. The standard InChI is InChI=1S/C14H19N5OS/c1-3-4-5-6-11-7-16-12(8-15-11)10(2)18-19-14-17-13(20)9-21-14/h7-8H,3-6,9H2,1-2H3,(H,17,19,20)/b18-10+. The Kier molecular flexibility index (Phi) is 5.86. The summed E-state index contributed by atoms with van der Waals surface area (Å²) in [5.74, 6) is 0.363. The lowest BCUT2D eigenvalue weighted by molar-refractivity contribution is -0.116. The van der Waals surface area contributed by atoms with Crippen LogP contribution in [-0.2, 0) is 11.2 Å². The van der Waals surface area contributed by atoms with E-state index in [1.54, 1.807) is 12.4 Å². The van der Waals surface area contributed by atoms with Crippen LogP contribution < -0.4 is 5.32 Å². The molecule has 0 bridgehead atoms. The van der Waals surface area contributed by atoms with Crippen molar-refractivity contribution in [2.45, 2.75) is 39.5 Å². The maximum atomic E-state index is 11.0. The first-order valence-electron chi connectivity index (χ1n) is 7.05. The maximum absolute atomic E-state index is 11.0. The third-order valence-electron chi connectivity index (χ3n) is 2.99. The van der Waals surface area contributed by atoms with E-state index in [0.717, 1.165) is 18.5 Å². The van der Waals surface area contributed by atoms with E-state index in [9.17, 15) is 4.79 Å². The predicted molar refractivity (Wildman–Crippen MR) is 85.5 cm³/mol. The molecule has 7 heteroatoms. The highest BCUT2D eigenvalue weighted by atomic mass is 32.2. The van der Waals surface area contributed by atoms with Gasteiger partial charge in [0, 0.05) is 6.20 Å². The number of thioether (sulfide) groups is 1. The van der Waals surface area contributed by atoms with Crippen LogP contribution in [0.2, 0.25) is 0 Å². The molecule has 1 aliphatic rings. The Balaban J connectivity index is 1.96. The van der Waals surface area contributed by atoms with Crippen LogP contribution in [0.1, 0.15) is 44.5 Å². The second-order valence-electron chi connectivity index (χ2n) is 4.78. The summed E-state index contributed by atoms with van der Waals surface area (Å²) in [5.41, 5.74) is 2.38. The molecule has 0 unspecified atom stereocenters. The molecule has 112 valence electrons. The first-order chi connectivity index (χ1) is 10.2. The molecular weight excluding hydrogens is 286 g/mol. The Labute approximate surface area is 128 Å². The highest BCUT2D eigenvalue weighted by Crippen LogP contribution is 2.09. The number of amides is 1. The van der Waals surface area contributed by atoms with Gasteiger partial charge in [-0.3, -0.25) is 14.8 Å². The average Bonchev–Trinajstić information content (AvgIpc) is 2.91. The van der Waals surface area contributed by atoms with Crippen molar-refractivity contribution in [1.82, 2.24) is 15.3 Å². The van der Waals surface area contributed by atoms with Gasteiger partial charge in [-0.25, -0.2) is 0 Å². The summed E-state index contributed by atoms with van der Waals surface area (Å²) in [7, 11) is 0. The summed E-state index contributed by atoms with van der Waals surface area (Å²) >= 11 is 1.35. The Morgan fingerprint density at radius 1 is 1.38 bits per heavy atom. The Morgan fingerprint density at radius 3 is 2.86 bits per heavy atom. The maximum Gasteiger partial charge on any atom is 0.236 e. The Bertz CT molecular complexity index is 553. The van der Waals surface area contributed by atoms with Crippen molar-refractivity contribution in [1.29, 1.82) is 0 Å². The van der Waals surface area contributed by atoms with Crippen molar-refractivity contribution >= 4 is 28.5 Å². The van der Waals surface area contributed by atoms with Crippen LogP contribution in [0.15, 0.2) is 22.6 Å². The van der Waals surface area contributed by atoms with E-state index < -0.39 is 0 Å².